The van der Waals surface area contributed by atoms with Crippen LogP contribution in [-0.2, 0) is 4.79 Å². The molecule has 0 saturated carbocycles. The van der Waals surface area contributed by atoms with Crippen molar-refractivity contribution in [3.8, 4) is 0 Å². The highest BCUT2D eigenvalue weighted by Crippen LogP contribution is 2.34. The number of nitrogens with two attached hydrogens (primary N) is 1. The van der Waals surface area contributed by atoms with Crippen LogP contribution in [0.3, 0.4) is 0 Å². The second kappa shape index (κ2) is 4.58. The number of amides is 1. The predicted octanol–water partition coefficient (Wildman–Crippen LogP) is 1.34. The third-order valence-electron chi connectivity index (χ3n) is 3.20. The van der Waals surface area contributed by atoms with Crippen molar-refractivity contribution in [1.29, 1.82) is 0 Å². The van der Waals surface area contributed by atoms with Crippen LogP contribution in [0.5, 0.6) is 0 Å². The Morgan fingerprint density at radius 3 is 3.00 bits per heavy atom. The average molecular weight is 226 g/mol. The number of hydrogen-bond donors (Lipinski definition) is 1. The third-order valence-corrected chi connectivity index (χ3v) is 4.52. The molecule has 2 N–H and O–H groups in total. The molecule has 84 valence electrons. The number of carbonyl (C=O) groups is 1. The van der Waals surface area contributed by atoms with Gasteiger partial charge in [0.05, 0.1) is 17.5 Å². The highest BCUT2D eigenvalue weighted by atomic mass is 32.2. The number of fused-ring (bicyclic) bond motifs is 1. The minimum Gasteiger partial charge on any atom is -0.323 e. The fourth-order valence-electron chi connectivity index (χ4n) is 2.34. The first-order chi connectivity index (χ1) is 7.24. The molecule has 0 radical (unpaired) electrons. The van der Waals surface area contributed by atoms with Gasteiger partial charge in [-0.25, -0.2) is 0 Å². The largest absolute Gasteiger partial charge is 0.323 e. The topological polar surface area (TPSA) is 46.3 Å². The molecule has 0 aliphatic carbocycles. The first-order valence-corrected chi connectivity index (χ1v) is 6.61. The van der Waals surface area contributed by atoms with Gasteiger partial charge in [-0.05, 0) is 31.4 Å². The van der Waals surface area contributed by atoms with E-state index in [4.69, 9.17) is 5.73 Å². The lowest BCUT2D eigenvalue weighted by atomic mass is 10.0. The molecule has 0 bridgehead atoms. The SMILES string of the molecule is C=CC1CCC[C@@H]2SCCC(N)C(=O)N12. The first kappa shape index (κ1) is 11.0. The van der Waals surface area contributed by atoms with Crippen LogP contribution in [-0.4, -0.2) is 34.0 Å². The average Bonchev–Trinajstić information content (AvgIpc) is 2.40. The molecule has 2 fully saturated rings. The van der Waals surface area contributed by atoms with E-state index in [2.05, 4.69) is 6.58 Å². The Bertz CT molecular complexity index is 269. The standard InChI is InChI=1S/C11H18N2OS/c1-2-8-4-3-5-10-13(8)11(14)9(12)6-7-15-10/h2,8-10H,1,3-7,12H2/t8?,9?,10-/m0/s1. The van der Waals surface area contributed by atoms with E-state index >= 15 is 0 Å². The quantitative estimate of drug-likeness (QED) is 0.686. The normalized spacial score (nSPS) is 37.0. The number of carbonyl (C=O) groups excluding carboxylic acids is 1. The van der Waals surface area contributed by atoms with E-state index in [1.54, 1.807) is 0 Å². The molecule has 2 aliphatic rings. The maximum atomic E-state index is 12.1. The van der Waals surface area contributed by atoms with Crippen LogP contribution >= 0.6 is 11.8 Å². The van der Waals surface area contributed by atoms with Gasteiger partial charge >= 0.3 is 0 Å². The second-order valence-electron chi connectivity index (χ2n) is 4.20. The second-order valence-corrected chi connectivity index (χ2v) is 5.49. The van der Waals surface area contributed by atoms with E-state index in [1.165, 1.54) is 6.42 Å². The molecule has 3 atom stereocenters. The van der Waals surface area contributed by atoms with Gasteiger partial charge in [0.1, 0.15) is 0 Å². The summed E-state index contributed by atoms with van der Waals surface area (Å²) in [6.07, 6.45) is 6.03. The summed E-state index contributed by atoms with van der Waals surface area (Å²) >= 11 is 1.87. The van der Waals surface area contributed by atoms with Crippen LogP contribution in [0, 0.1) is 0 Å². The van der Waals surface area contributed by atoms with Gasteiger partial charge in [0.2, 0.25) is 5.91 Å². The Hall–Kier alpha value is -0.480. The van der Waals surface area contributed by atoms with Crippen molar-refractivity contribution in [3.05, 3.63) is 12.7 Å². The molecule has 0 aromatic heterocycles. The molecule has 2 unspecified atom stereocenters. The first-order valence-electron chi connectivity index (χ1n) is 5.56. The van der Waals surface area contributed by atoms with E-state index in [1.807, 2.05) is 22.7 Å². The van der Waals surface area contributed by atoms with Gasteiger partial charge in [0.15, 0.2) is 0 Å². The number of nitrogens with zero attached hydrogens (tertiary/aromatic N) is 1. The van der Waals surface area contributed by atoms with Crippen LogP contribution in [0.25, 0.3) is 0 Å². The van der Waals surface area contributed by atoms with Crippen molar-refractivity contribution in [2.45, 2.75) is 43.1 Å². The number of hydrogen-bond acceptors (Lipinski definition) is 3. The van der Waals surface area contributed by atoms with E-state index in [0.717, 1.165) is 25.0 Å². The maximum Gasteiger partial charge on any atom is 0.240 e. The minimum absolute atomic E-state index is 0.120. The zero-order valence-corrected chi connectivity index (χ0v) is 9.71. The fourth-order valence-corrected chi connectivity index (χ4v) is 3.76. The Labute approximate surface area is 95.1 Å². The molecule has 0 aromatic rings. The molecule has 15 heavy (non-hydrogen) atoms. The lowest BCUT2D eigenvalue weighted by Gasteiger charge is -2.40. The molecule has 2 aliphatic heterocycles. The van der Waals surface area contributed by atoms with E-state index in [9.17, 15) is 4.79 Å². The van der Waals surface area contributed by atoms with Crippen LogP contribution in [0.1, 0.15) is 25.7 Å². The lowest BCUT2D eigenvalue weighted by molar-refractivity contribution is -0.135. The molecule has 4 heteroatoms. The fraction of sp³-hybridized carbons (Fsp3) is 0.727. The van der Waals surface area contributed by atoms with Crippen molar-refractivity contribution in [2.24, 2.45) is 5.73 Å². The summed E-state index contributed by atoms with van der Waals surface area (Å²) in [5, 5.41) is 0.336. The molecule has 2 heterocycles. The van der Waals surface area contributed by atoms with Crippen LogP contribution in [0.2, 0.25) is 0 Å². The Kier molecular flexibility index (Phi) is 3.36. The highest BCUT2D eigenvalue weighted by molar-refractivity contribution is 7.99. The molecule has 3 nitrogen and oxygen atoms in total. The minimum atomic E-state index is -0.303. The van der Waals surface area contributed by atoms with Gasteiger partial charge in [-0.3, -0.25) is 4.79 Å². The molecule has 2 rings (SSSR count). The van der Waals surface area contributed by atoms with Gasteiger partial charge in [-0.1, -0.05) is 6.08 Å². The van der Waals surface area contributed by atoms with E-state index in [-0.39, 0.29) is 18.0 Å². The molecule has 1 amide bonds. The van der Waals surface area contributed by atoms with Crippen molar-refractivity contribution in [2.75, 3.05) is 5.75 Å². The Morgan fingerprint density at radius 2 is 2.27 bits per heavy atom. The third kappa shape index (κ3) is 2.06. The summed E-state index contributed by atoms with van der Waals surface area (Å²) < 4.78 is 0. The van der Waals surface area contributed by atoms with Crippen LogP contribution in [0.15, 0.2) is 12.7 Å². The molecule has 0 spiro atoms. The summed E-state index contributed by atoms with van der Waals surface area (Å²) in [6.45, 7) is 3.82. The molecular weight excluding hydrogens is 208 g/mol. The zero-order valence-electron chi connectivity index (χ0n) is 8.89. The lowest BCUT2D eigenvalue weighted by Crippen LogP contribution is -2.52. The summed E-state index contributed by atoms with van der Waals surface area (Å²) in [5.74, 6) is 1.12. The van der Waals surface area contributed by atoms with Crippen LogP contribution < -0.4 is 5.73 Å². The van der Waals surface area contributed by atoms with Crippen molar-refractivity contribution < 1.29 is 4.79 Å². The summed E-state index contributed by atoms with van der Waals surface area (Å²) in [6, 6.07) is -0.101. The maximum absolute atomic E-state index is 12.1. The van der Waals surface area contributed by atoms with Gasteiger partial charge in [0, 0.05) is 0 Å². The zero-order chi connectivity index (χ0) is 10.8. The molecular formula is C11H18N2OS. The van der Waals surface area contributed by atoms with Crippen molar-refractivity contribution in [1.82, 2.24) is 4.90 Å². The number of piperidine rings is 1. The number of rotatable bonds is 1. The van der Waals surface area contributed by atoms with Gasteiger partial charge in [0.25, 0.3) is 0 Å². The Morgan fingerprint density at radius 1 is 1.47 bits per heavy atom. The monoisotopic (exact) mass is 226 g/mol. The van der Waals surface area contributed by atoms with Gasteiger partial charge in [-0.15, -0.1) is 18.3 Å². The van der Waals surface area contributed by atoms with Crippen molar-refractivity contribution >= 4 is 17.7 Å². The molecule has 0 aromatic carbocycles. The van der Waals surface area contributed by atoms with Crippen molar-refractivity contribution in [3.63, 3.8) is 0 Å². The van der Waals surface area contributed by atoms with Gasteiger partial charge < -0.3 is 10.6 Å². The molecule has 2 saturated heterocycles. The van der Waals surface area contributed by atoms with E-state index < -0.39 is 0 Å². The summed E-state index contributed by atoms with van der Waals surface area (Å²) in [5.41, 5.74) is 5.86. The van der Waals surface area contributed by atoms with E-state index in [0.29, 0.717) is 5.37 Å². The van der Waals surface area contributed by atoms with Crippen LogP contribution in [0.4, 0.5) is 0 Å². The van der Waals surface area contributed by atoms with Gasteiger partial charge in [-0.2, -0.15) is 0 Å². The summed E-state index contributed by atoms with van der Waals surface area (Å²) in [7, 11) is 0. The smallest absolute Gasteiger partial charge is 0.240 e. The Balaban J connectivity index is 2.22. The predicted molar refractivity (Wildman–Crippen MR) is 63.5 cm³/mol. The number of thioether (sulfide) groups is 1. The summed E-state index contributed by atoms with van der Waals surface area (Å²) in [4.78, 5) is 14.1. The highest BCUT2D eigenvalue weighted by Gasteiger charge is 2.37.